The number of aliphatic carboxylic acids is 1. The average molecular weight is 259 g/mol. The first kappa shape index (κ1) is 16.4. The van der Waals surface area contributed by atoms with E-state index in [1.54, 1.807) is 0 Å². The van der Waals surface area contributed by atoms with Gasteiger partial charge in [-0.25, -0.2) is 0 Å². The van der Waals surface area contributed by atoms with Gasteiger partial charge in [0, 0.05) is 13.0 Å². The molecular weight excluding hydrogens is 238 g/mol. The number of nitrogens with two attached hydrogens (primary N) is 2. The van der Waals surface area contributed by atoms with E-state index in [-0.39, 0.29) is 19.4 Å². The molecule has 0 rings (SSSR count). The van der Waals surface area contributed by atoms with Crippen LogP contribution in [0.25, 0.3) is 0 Å². The van der Waals surface area contributed by atoms with Gasteiger partial charge in [-0.2, -0.15) is 0 Å². The first-order valence-electron chi connectivity index (χ1n) is 5.93. The first-order chi connectivity index (χ1) is 8.38. The molecule has 2 amide bonds. The molecule has 0 spiro atoms. The van der Waals surface area contributed by atoms with Gasteiger partial charge in [-0.05, 0) is 12.8 Å². The van der Waals surface area contributed by atoms with Gasteiger partial charge in [0.15, 0.2) is 0 Å². The average Bonchev–Trinajstić information content (AvgIpc) is 2.29. The number of amides is 2. The summed E-state index contributed by atoms with van der Waals surface area (Å²) in [6.45, 7) is 2.18. The summed E-state index contributed by atoms with van der Waals surface area (Å²) in [5, 5.41) is 8.52. The molecule has 0 aliphatic heterocycles. The van der Waals surface area contributed by atoms with Crippen LogP contribution in [0.1, 0.15) is 32.6 Å². The molecule has 7 heteroatoms. The zero-order valence-corrected chi connectivity index (χ0v) is 10.6. The highest BCUT2D eigenvalue weighted by Gasteiger charge is 2.22. The summed E-state index contributed by atoms with van der Waals surface area (Å²) >= 11 is 0. The lowest BCUT2D eigenvalue weighted by atomic mass is 10.1. The Balaban J connectivity index is 4.41. The van der Waals surface area contributed by atoms with Crippen molar-refractivity contribution in [2.24, 2.45) is 11.5 Å². The van der Waals surface area contributed by atoms with Crippen LogP contribution in [0, 0.1) is 0 Å². The van der Waals surface area contributed by atoms with Crippen LogP contribution >= 0.6 is 0 Å². The van der Waals surface area contributed by atoms with Gasteiger partial charge in [0.1, 0.15) is 0 Å². The molecule has 0 aromatic heterocycles. The molecule has 0 aromatic carbocycles. The fraction of sp³-hybridized carbons (Fsp3) is 0.727. The van der Waals surface area contributed by atoms with Gasteiger partial charge >= 0.3 is 5.97 Å². The molecule has 0 saturated heterocycles. The van der Waals surface area contributed by atoms with Gasteiger partial charge in [0.2, 0.25) is 11.8 Å². The molecule has 0 bridgehead atoms. The molecule has 0 aromatic rings. The van der Waals surface area contributed by atoms with Gasteiger partial charge in [-0.3, -0.25) is 14.4 Å². The highest BCUT2D eigenvalue weighted by molar-refractivity contribution is 5.87. The van der Waals surface area contributed by atoms with Crippen molar-refractivity contribution in [2.75, 3.05) is 13.1 Å². The topological polar surface area (TPSA) is 127 Å². The molecule has 0 radical (unpaired) electrons. The van der Waals surface area contributed by atoms with E-state index in [1.165, 1.54) is 4.90 Å². The van der Waals surface area contributed by atoms with Crippen molar-refractivity contribution in [1.82, 2.24) is 4.90 Å². The predicted molar refractivity (Wildman–Crippen MR) is 65.5 cm³/mol. The van der Waals surface area contributed by atoms with E-state index in [2.05, 4.69) is 0 Å². The van der Waals surface area contributed by atoms with Crippen LogP contribution in [0.4, 0.5) is 0 Å². The Kier molecular flexibility index (Phi) is 7.69. The molecule has 0 aliphatic rings. The van der Waals surface area contributed by atoms with Crippen molar-refractivity contribution in [2.45, 2.75) is 38.6 Å². The van der Waals surface area contributed by atoms with Gasteiger partial charge in [0.05, 0.1) is 12.6 Å². The minimum Gasteiger partial charge on any atom is -0.481 e. The number of hydrogen-bond acceptors (Lipinski definition) is 4. The second-order valence-electron chi connectivity index (χ2n) is 4.12. The third kappa shape index (κ3) is 6.85. The van der Waals surface area contributed by atoms with E-state index in [9.17, 15) is 14.4 Å². The number of hydrogen-bond donors (Lipinski definition) is 3. The van der Waals surface area contributed by atoms with Crippen LogP contribution in [0.5, 0.6) is 0 Å². The maximum Gasteiger partial charge on any atom is 0.303 e. The Labute approximate surface area is 106 Å². The molecule has 104 valence electrons. The summed E-state index contributed by atoms with van der Waals surface area (Å²) in [5.74, 6) is -2.04. The van der Waals surface area contributed by atoms with Crippen LogP contribution in [0.2, 0.25) is 0 Å². The Bertz CT molecular complexity index is 307. The van der Waals surface area contributed by atoms with Crippen molar-refractivity contribution in [3.05, 3.63) is 0 Å². The SMILES string of the molecule is CCCCN(CC(N)=O)C(=O)C(N)CCC(=O)O. The zero-order chi connectivity index (χ0) is 14.1. The van der Waals surface area contributed by atoms with E-state index in [0.29, 0.717) is 6.54 Å². The quantitative estimate of drug-likeness (QED) is 0.504. The third-order valence-electron chi connectivity index (χ3n) is 2.43. The van der Waals surface area contributed by atoms with Crippen LogP contribution < -0.4 is 11.5 Å². The van der Waals surface area contributed by atoms with Crippen LogP contribution in [-0.4, -0.2) is 46.9 Å². The van der Waals surface area contributed by atoms with Crippen molar-refractivity contribution < 1.29 is 19.5 Å². The van der Waals surface area contributed by atoms with Gasteiger partial charge < -0.3 is 21.5 Å². The lowest BCUT2D eigenvalue weighted by molar-refractivity contribution is -0.139. The Morgan fingerprint density at radius 1 is 1.33 bits per heavy atom. The molecule has 1 unspecified atom stereocenters. The smallest absolute Gasteiger partial charge is 0.303 e. The van der Waals surface area contributed by atoms with Gasteiger partial charge in [-0.1, -0.05) is 13.3 Å². The Morgan fingerprint density at radius 2 is 1.94 bits per heavy atom. The number of carbonyl (C=O) groups excluding carboxylic acids is 2. The molecular formula is C11H21N3O4. The second kappa shape index (κ2) is 8.46. The molecule has 18 heavy (non-hydrogen) atoms. The van der Waals surface area contributed by atoms with Crippen molar-refractivity contribution in [3.8, 4) is 0 Å². The van der Waals surface area contributed by atoms with Crippen molar-refractivity contribution in [1.29, 1.82) is 0 Å². The van der Waals surface area contributed by atoms with E-state index >= 15 is 0 Å². The maximum absolute atomic E-state index is 11.9. The summed E-state index contributed by atoms with van der Waals surface area (Å²) < 4.78 is 0. The summed E-state index contributed by atoms with van der Waals surface area (Å²) in [5.41, 5.74) is 10.7. The van der Waals surface area contributed by atoms with Crippen LogP contribution in [0.3, 0.4) is 0 Å². The number of carbonyl (C=O) groups is 3. The summed E-state index contributed by atoms with van der Waals surface area (Å²) in [7, 11) is 0. The number of rotatable bonds is 9. The van der Waals surface area contributed by atoms with E-state index in [0.717, 1.165) is 12.8 Å². The zero-order valence-electron chi connectivity index (χ0n) is 10.6. The maximum atomic E-state index is 11.9. The fourth-order valence-electron chi connectivity index (χ4n) is 1.44. The third-order valence-corrected chi connectivity index (χ3v) is 2.43. The second-order valence-corrected chi connectivity index (χ2v) is 4.12. The van der Waals surface area contributed by atoms with Gasteiger partial charge in [0.25, 0.3) is 0 Å². The normalized spacial score (nSPS) is 11.9. The molecule has 0 heterocycles. The highest BCUT2D eigenvalue weighted by atomic mass is 16.4. The molecule has 0 fully saturated rings. The Morgan fingerprint density at radius 3 is 2.39 bits per heavy atom. The molecule has 1 atom stereocenters. The molecule has 0 aliphatic carbocycles. The van der Waals surface area contributed by atoms with Crippen LogP contribution in [0.15, 0.2) is 0 Å². The highest BCUT2D eigenvalue weighted by Crippen LogP contribution is 2.03. The lowest BCUT2D eigenvalue weighted by Gasteiger charge is -2.24. The predicted octanol–water partition coefficient (Wildman–Crippen LogP) is -0.707. The van der Waals surface area contributed by atoms with E-state index < -0.39 is 23.8 Å². The minimum absolute atomic E-state index is 0.0511. The standard InChI is InChI=1S/C11H21N3O4/c1-2-3-6-14(7-9(13)15)11(18)8(12)4-5-10(16)17/h8H,2-7,12H2,1H3,(H2,13,15)(H,16,17). The minimum atomic E-state index is -1.01. The van der Waals surface area contributed by atoms with Crippen LogP contribution in [-0.2, 0) is 14.4 Å². The number of unbranched alkanes of at least 4 members (excludes halogenated alkanes) is 1. The Hall–Kier alpha value is -1.63. The first-order valence-corrected chi connectivity index (χ1v) is 5.93. The monoisotopic (exact) mass is 259 g/mol. The summed E-state index contributed by atoms with van der Waals surface area (Å²) in [4.78, 5) is 34.4. The van der Waals surface area contributed by atoms with E-state index in [1.807, 2.05) is 6.92 Å². The fourth-order valence-corrected chi connectivity index (χ4v) is 1.44. The summed E-state index contributed by atoms with van der Waals surface area (Å²) in [6.07, 6.45) is 1.48. The lowest BCUT2D eigenvalue weighted by Crippen LogP contribution is -2.47. The molecule has 5 N–H and O–H groups in total. The van der Waals surface area contributed by atoms with Crippen molar-refractivity contribution in [3.63, 3.8) is 0 Å². The number of nitrogens with zero attached hydrogens (tertiary/aromatic N) is 1. The number of primary amides is 1. The molecule has 0 saturated carbocycles. The van der Waals surface area contributed by atoms with Crippen molar-refractivity contribution >= 4 is 17.8 Å². The molecule has 7 nitrogen and oxygen atoms in total. The number of carboxylic acid groups (broad SMARTS) is 1. The largest absolute Gasteiger partial charge is 0.481 e. The van der Waals surface area contributed by atoms with Gasteiger partial charge in [-0.15, -0.1) is 0 Å². The van der Waals surface area contributed by atoms with E-state index in [4.69, 9.17) is 16.6 Å². The number of carboxylic acids is 1. The summed E-state index contributed by atoms with van der Waals surface area (Å²) in [6, 6.07) is -0.905.